The number of halogens is 2. The molecular weight excluding hydrogens is 374 g/mol. The summed E-state index contributed by atoms with van der Waals surface area (Å²) in [6, 6.07) is 18.1. The van der Waals surface area contributed by atoms with Gasteiger partial charge in [-0.15, -0.1) is 0 Å². The van der Waals surface area contributed by atoms with Gasteiger partial charge in [0.05, 0.1) is 0 Å². The Balaban J connectivity index is 1.55. The maximum Gasteiger partial charge on any atom is 0.255 e. The lowest BCUT2D eigenvalue weighted by atomic mass is 10.1. The Labute approximate surface area is 166 Å². The van der Waals surface area contributed by atoms with Crippen LogP contribution < -0.4 is 10.6 Å². The minimum atomic E-state index is -0.409. The summed E-state index contributed by atoms with van der Waals surface area (Å²) in [6.07, 6.45) is 2.96. The van der Waals surface area contributed by atoms with Crippen molar-refractivity contribution in [1.82, 2.24) is 5.32 Å². The van der Waals surface area contributed by atoms with Gasteiger partial charge in [-0.05, 0) is 65.7 Å². The Hall–Kier alpha value is -3.80. The van der Waals surface area contributed by atoms with Crippen molar-refractivity contribution in [2.45, 2.75) is 6.54 Å². The number of anilines is 1. The fourth-order valence-corrected chi connectivity index (χ4v) is 2.56. The molecule has 146 valence electrons. The van der Waals surface area contributed by atoms with Crippen molar-refractivity contribution >= 4 is 23.6 Å². The molecule has 0 saturated heterocycles. The Kier molecular flexibility index (Phi) is 6.47. The smallest absolute Gasteiger partial charge is 0.255 e. The molecule has 2 amide bonds. The summed E-state index contributed by atoms with van der Waals surface area (Å²) in [5, 5.41) is 5.48. The van der Waals surface area contributed by atoms with Crippen LogP contribution in [0.2, 0.25) is 0 Å². The van der Waals surface area contributed by atoms with Crippen LogP contribution in [0, 0.1) is 11.6 Å². The van der Waals surface area contributed by atoms with Gasteiger partial charge in [0.1, 0.15) is 11.6 Å². The van der Waals surface area contributed by atoms with Gasteiger partial charge < -0.3 is 10.6 Å². The third-order valence-electron chi connectivity index (χ3n) is 4.06. The monoisotopic (exact) mass is 392 g/mol. The molecule has 0 aliphatic rings. The van der Waals surface area contributed by atoms with E-state index in [9.17, 15) is 18.4 Å². The van der Waals surface area contributed by atoms with Gasteiger partial charge in [0.15, 0.2) is 0 Å². The Morgan fingerprint density at radius 1 is 0.862 bits per heavy atom. The van der Waals surface area contributed by atoms with Gasteiger partial charge in [-0.3, -0.25) is 9.59 Å². The molecule has 0 saturated carbocycles. The molecule has 6 heteroatoms. The molecule has 0 aliphatic heterocycles. The van der Waals surface area contributed by atoms with Gasteiger partial charge in [-0.1, -0.05) is 24.3 Å². The number of benzene rings is 3. The van der Waals surface area contributed by atoms with Crippen LogP contribution in [-0.4, -0.2) is 11.8 Å². The normalized spacial score (nSPS) is 10.7. The maximum atomic E-state index is 13.0. The van der Waals surface area contributed by atoms with E-state index in [-0.39, 0.29) is 24.2 Å². The summed E-state index contributed by atoms with van der Waals surface area (Å²) >= 11 is 0. The van der Waals surface area contributed by atoms with Crippen molar-refractivity contribution < 1.29 is 18.4 Å². The Morgan fingerprint density at radius 3 is 2.21 bits per heavy atom. The maximum absolute atomic E-state index is 13.0. The molecule has 3 aromatic carbocycles. The molecular formula is C23H18F2N2O2. The van der Waals surface area contributed by atoms with Crippen molar-refractivity contribution in [3.63, 3.8) is 0 Å². The van der Waals surface area contributed by atoms with E-state index in [1.54, 1.807) is 36.4 Å². The third-order valence-corrected chi connectivity index (χ3v) is 4.06. The number of hydrogen-bond acceptors (Lipinski definition) is 2. The zero-order valence-corrected chi connectivity index (χ0v) is 15.4. The zero-order valence-electron chi connectivity index (χ0n) is 15.4. The minimum Gasteiger partial charge on any atom is -0.348 e. The lowest BCUT2D eigenvalue weighted by molar-refractivity contribution is -0.116. The predicted molar refractivity (Wildman–Crippen MR) is 108 cm³/mol. The van der Waals surface area contributed by atoms with E-state index in [2.05, 4.69) is 10.6 Å². The van der Waals surface area contributed by atoms with Crippen LogP contribution in [0.3, 0.4) is 0 Å². The van der Waals surface area contributed by atoms with Crippen LogP contribution in [-0.2, 0) is 11.3 Å². The SMILES string of the molecule is O=C(C=Cc1ccc(F)cc1)NCc1cccc(NC(=O)c2ccc(F)cc2)c1. The molecule has 0 heterocycles. The molecule has 0 aromatic heterocycles. The topological polar surface area (TPSA) is 58.2 Å². The van der Waals surface area contributed by atoms with Gasteiger partial charge in [0, 0.05) is 23.9 Å². The van der Waals surface area contributed by atoms with Crippen LogP contribution in [0.15, 0.2) is 78.9 Å². The summed E-state index contributed by atoms with van der Waals surface area (Å²) in [7, 11) is 0. The summed E-state index contributed by atoms with van der Waals surface area (Å²) < 4.78 is 25.8. The Bertz CT molecular complexity index is 1030. The lowest BCUT2D eigenvalue weighted by Gasteiger charge is -2.08. The minimum absolute atomic E-state index is 0.271. The highest BCUT2D eigenvalue weighted by Gasteiger charge is 2.07. The number of nitrogens with one attached hydrogen (secondary N) is 2. The van der Waals surface area contributed by atoms with Crippen molar-refractivity contribution in [3.8, 4) is 0 Å². The summed E-state index contributed by atoms with van der Waals surface area (Å²) in [5.74, 6) is -1.39. The third kappa shape index (κ3) is 6.10. The lowest BCUT2D eigenvalue weighted by Crippen LogP contribution is -2.20. The average Bonchev–Trinajstić information content (AvgIpc) is 2.72. The van der Waals surface area contributed by atoms with Crippen molar-refractivity contribution in [2.75, 3.05) is 5.32 Å². The van der Waals surface area contributed by atoms with Crippen molar-refractivity contribution in [2.24, 2.45) is 0 Å². The molecule has 0 atom stereocenters. The number of amides is 2. The summed E-state index contributed by atoms with van der Waals surface area (Å²) in [6.45, 7) is 0.271. The van der Waals surface area contributed by atoms with Gasteiger partial charge in [0.2, 0.25) is 5.91 Å². The van der Waals surface area contributed by atoms with E-state index in [0.29, 0.717) is 16.8 Å². The summed E-state index contributed by atoms with van der Waals surface area (Å²) in [5.41, 5.74) is 2.42. The molecule has 0 unspecified atom stereocenters. The van der Waals surface area contributed by atoms with Gasteiger partial charge >= 0.3 is 0 Å². The van der Waals surface area contributed by atoms with Crippen LogP contribution >= 0.6 is 0 Å². The van der Waals surface area contributed by atoms with E-state index in [1.807, 2.05) is 6.07 Å². The predicted octanol–water partition coefficient (Wildman–Crippen LogP) is 4.55. The molecule has 0 spiro atoms. The molecule has 3 aromatic rings. The highest BCUT2D eigenvalue weighted by atomic mass is 19.1. The quantitative estimate of drug-likeness (QED) is 0.605. The van der Waals surface area contributed by atoms with E-state index in [4.69, 9.17) is 0 Å². The second-order valence-electron chi connectivity index (χ2n) is 6.26. The zero-order chi connectivity index (χ0) is 20.6. The van der Waals surface area contributed by atoms with Gasteiger partial charge in [-0.25, -0.2) is 8.78 Å². The fraction of sp³-hybridized carbons (Fsp3) is 0.0435. The molecule has 29 heavy (non-hydrogen) atoms. The first-order valence-electron chi connectivity index (χ1n) is 8.87. The van der Waals surface area contributed by atoms with E-state index in [0.717, 1.165) is 5.56 Å². The Morgan fingerprint density at radius 2 is 1.52 bits per heavy atom. The van der Waals surface area contributed by atoms with E-state index in [1.165, 1.54) is 42.5 Å². The van der Waals surface area contributed by atoms with Crippen LogP contribution in [0.4, 0.5) is 14.5 Å². The van der Waals surface area contributed by atoms with E-state index >= 15 is 0 Å². The van der Waals surface area contributed by atoms with Crippen LogP contribution in [0.5, 0.6) is 0 Å². The highest BCUT2D eigenvalue weighted by molar-refractivity contribution is 6.04. The molecule has 0 aliphatic carbocycles. The van der Waals surface area contributed by atoms with Crippen LogP contribution in [0.1, 0.15) is 21.5 Å². The number of hydrogen-bond donors (Lipinski definition) is 2. The second-order valence-corrected chi connectivity index (χ2v) is 6.26. The molecule has 0 fully saturated rings. The number of carbonyl (C=O) groups is 2. The molecule has 4 nitrogen and oxygen atoms in total. The standard InChI is InChI=1S/C23H18F2N2O2/c24-19-9-4-16(5-10-19)6-13-22(28)26-15-17-2-1-3-21(14-17)27-23(29)18-7-11-20(25)12-8-18/h1-14H,15H2,(H,26,28)(H,27,29). The first-order chi connectivity index (χ1) is 14.0. The van der Waals surface area contributed by atoms with Gasteiger partial charge in [0.25, 0.3) is 5.91 Å². The second kappa shape index (κ2) is 9.41. The average molecular weight is 392 g/mol. The summed E-state index contributed by atoms with van der Waals surface area (Å²) in [4.78, 5) is 24.2. The molecule has 0 radical (unpaired) electrons. The largest absolute Gasteiger partial charge is 0.348 e. The van der Waals surface area contributed by atoms with Crippen molar-refractivity contribution in [3.05, 3.63) is 107 Å². The molecule has 0 bridgehead atoms. The first-order valence-corrected chi connectivity index (χ1v) is 8.87. The van der Waals surface area contributed by atoms with Gasteiger partial charge in [-0.2, -0.15) is 0 Å². The highest BCUT2D eigenvalue weighted by Crippen LogP contribution is 2.13. The van der Waals surface area contributed by atoms with E-state index < -0.39 is 5.82 Å². The number of rotatable bonds is 6. The van der Waals surface area contributed by atoms with Crippen LogP contribution in [0.25, 0.3) is 6.08 Å². The first kappa shape index (κ1) is 19.9. The molecule has 2 N–H and O–H groups in total. The van der Waals surface area contributed by atoms with Crippen molar-refractivity contribution in [1.29, 1.82) is 0 Å². The fourth-order valence-electron chi connectivity index (χ4n) is 2.56. The molecule has 3 rings (SSSR count). The number of carbonyl (C=O) groups excluding carboxylic acids is 2.